The van der Waals surface area contributed by atoms with Gasteiger partial charge in [0.1, 0.15) is 11.3 Å². The molecule has 4 aromatic rings. The van der Waals surface area contributed by atoms with Crippen LogP contribution in [0.15, 0.2) is 53.7 Å². The highest BCUT2D eigenvalue weighted by Gasteiger charge is 2.10. The molecule has 0 saturated carbocycles. The van der Waals surface area contributed by atoms with Crippen molar-refractivity contribution in [1.29, 1.82) is 0 Å². The lowest BCUT2D eigenvalue weighted by Gasteiger charge is -1.99. The molecule has 0 aliphatic heterocycles. The van der Waals surface area contributed by atoms with E-state index in [-0.39, 0.29) is 5.82 Å². The first-order valence-corrected chi connectivity index (χ1v) is 7.76. The Morgan fingerprint density at radius 1 is 1.05 bits per heavy atom. The van der Waals surface area contributed by atoms with E-state index in [0.717, 1.165) is 11.3 Å². The van der Waals surface area contributed by atoms with Crippen LogP contribution in [0.3, 0.4) is 0 Å². The molecule has 0 radical (unpaired) electrons. The third kappa shape index (κ3) is 2.42. The van der Waals surface area contributed by atoms with Gasteiger partial charge in [0.25, 0.3) is 0 Å². The molecule has 4 nitrogen and oxygen atoms in total. The lowest BCUT2D eigenvalue weighted by atomic mass is 10.2. The average Bonchev–Trinajstić information content (AvgIpc) is 2.91. The maximum Gasteiger partial charge on any atom is 0.211 e. The summed E-state index contributed by atoms with van der Waals surface area (Å²) in [6.45, 7) is 0. The third-order valence-electron chi connectivity index (χ3n) is 3.37. The Labute approximate surface area is 129 Å². The zero-order valence-corrected chi connectivity index (χ0v) is 12.3. The molecule has 0 unspecified atom stereocenters. The molecular weight excluding hydrogens is 299 g/mol. The quantitative estimate of drug-likeness (QED) is 0.582. The Balaban J connectivity index is 1.67. The van der Waals surface area contributed by atoms with E-state index in [1.54, 1.807) is 6.07 Å². The zero-order chi connectivity index (χ0) is 14.9. The third-order valence-corrected chi connectivity index (χ3v) is 4.28. The number of fused-ring (bicyclic) bond motifs is 3. The van der Waals surface area contributed by atoms with E-state index in [4.69, 9.17) is 0 Å². The molecule has 0 aliphatic rings. The van der Waals surface area contributed by atoms with Crippen LogP contribution >= 0.6 is 11.8 Å². The van der Waals surface area contributed by atoms with Crippen molar-refractivity contribution in [3.63, 3.8) is 0 Å². The molecule has 0 atom stereocenters. The van der Waals surface area contributed by atoms with Crippen molar-refractivity contribution in [3.05, 3.63) is 59.9 Å². The normalized spacial score (nSPS) is 11.3. The van der Waals surface area contributed by atoms with Gasteiger partial charge in [0.15, 0.2) is 5.65 Å². The Morgan fingerprint density at radius 2 is 1.91 bits per heavy atom. The number of rotatable bonds is 3. The van der Waals surface area contributed by atoms with E-state index in [1.807, 2.05) is 18.2 Å². The highest BCUT2D eigenvalue weighted by atomic mass is 32.2. The SMILES string of the molecule is Fc1ccc2[nH]c3nc(SCc4ccccc4)nnc3c2c1. The van der Waals surface area contributed by atoms with Crippen LogP contribution in [0, 0.1) is 5.82 Å². The molecule has 6 heteroatoms. The maximum absolute atomic E-state index is 13.3. The number of nitrogens with one attached hydrogen (secondary N) is 1. The summed E-state index contributed by atoms with van der Waals surface area (Å²) in [7, 11) is 0. The van der Waals surface area contributed by atoms with Gasteiger partial charge in [0, 0.05) is 16.7 Å². The molecule has 0 spiro atoms. The average molecular weight is 310 g/mol. The fraction of sp³-hybridized carbons (Fsp3) is 0.0625. The van der Waals surface area contributed by atoms with E-state index >= 15 is 0 Å². The molecule has 0 bridgehead atoms. The van der Waals surface area contributed by atoms with Crippen LogP contribution in [0.25, 0.3) is 22.1 Å². The fourth-order valence-corrected chi connectivity index (χ4v) is 3.05. The number of hydrogen-bond acceptors (Lipinski definition) is 4. The monoisotopic (exact) mass is 310 g/mol. The molecule has 0 amide bonds. The van der Waals surface area contributed by atoms with Crippen LogP contribution in [-0.4, -0.2) is 20.2 Å². The van der Waals surface area contributed by atoms with Crippen molar-refractivity contribution in [2.45, 2.75) is 10.9 Å². The summed E-state index contributed by atoms with van der Waals surface area (Å²) < 4.78 is 13.3. The molecule has 2 aromatic heterocycles. The number of halogens is 1. The van der Waals surface area contributed by atoms with E-state index in [9.17, 15) is 4.39 Å². The van der Waals surface area contributed by atoms with Gasteiger partial charge in [-0.15, -0.1) is 10.2 Å². The van der Waals surface area contributed by atoms with Gasteiger partial charge in [-0.05, 0) is 23.8 Å². The Morgan fingerprint density at radius 3 is 2.77 bits per heavy atom. The predicted molar refractivity (Wildman–Crippen MR) is 85.2 cm³/mol. The lowest BCUT2D eigenvalue weighted by Crippen LogP contribution is -1.92. The molecule has 0 fully saturated rings. The van der Waals surface area contributed by atoms with Gasteiger partial charge in [-0.1, -0.05) is 42.1 Å². The first-order chi connectivity index (χ1) is 10.8. The molecule has 2 aromatic carbocycles. The van der Waals surface area contributed by atoms with Gasteiger partial charge < -0.3 is 4.98 Å². The van der Waals surface area contributed by atoms with E-state index < -0.39 is 0 Å². The van der Waals surface area contributed by atoms with Crippen LogP contribution in [0.5, 0.6) is 0 Å². The molecular formula is C16H11FN4S. The van der Waals surface area contributed by atoms with Gasteiger partial charge in [-0.25, -0.2) is 9.37 Å². The summed E-state index contributed by atoms with van der Waals surface area (Å²) in [4.78, 5) is 7.62. The number of H-pyrrole nitrogens is 1. The molecule has 0 saturated heterocycles. The number of hydrogen-bond donors (Lipinski definition) is 1. The second-order valence-corrected chi connectivity index (χ2v) is 5.82. The molecule has 2 heterocycles. The summed E-state index contributed by atoms with van der Waals surface area (Å²) in [5.74, 6) is 0.487. The summed E-state index contributed by atoms with van der Waals surface area (Å²) in [6.07, 6.45) is 0. The predicted octanol–water partition coefficient (Wildman–Crippen LogP) is 3.94. The molecule has 0 aliphatic carbocycles. The highest BCUT2D eigenvalue weighted by molar-refractivity contribution is 7.98. The van der Waals surface area contributed by atoms with Crippen LogP contribution in [0.2, 0.25) is 0 Å². The first kappa shape index (κ1) is 13.2. The smallest absolute Gasteiger partial charge is 0.211 e. The first-order valence-electron chi connectivity index (χ1n) is 6.78. The highest BCUT2D eigenvalue weighted by Crippen LogP contribution is 2.25. The van der Waals surface area contributed by atoms with Crippen LogP contribution < -0.4 is 0 Å². The molecule has 1 N–H and O–H groups in total. The van der Waals surface area contributed by atoms with Crippen molar-refractivity contribution in [3.8, 4) is 0 Å². The number of aromatic amines is 1. The second-order valence-electron chi connectivity index (χ2n) is 4.88. The second kappa shape index (κ2) is 5.38. The summed E-state index contributed by atoms with van der Waals surface area (Å²) >= 11 is 1.52. The van der Waals surface area contributed by atoms with Crippen LogP contribution in [0.1, 0.15) is 5.56 Å². The summed E-state index contributed by atoms with van der Waals surface area (Å²) in [6, 6.07) is 14.7. The van der Waals surface area contributed by atoms with E-state index in [2.05, 4.69) is 32.3 Å². The van der Waals surface area contributed by atoms with E-state index in [1.165, 1.54) is 29.5 Å². The summed E-state index contributed by atoms with van der Waals surface area (Å²) in [5, 5.41) is 9.63. The minimum Gasteiger partial charge on any atom is -0.338 e. The topological polar surface area (TPSA) is 54.5 Å². The maximum atomic E-state index is 13.3. The van der Waals surface area contributed by atoms with Crippen LogP contribution in [0.4, 0.5) is 4.39 Å². The van der Waals surface area contributed by atoms with Crippen LogP contribution in [-0.2, 0) is 5.75 Å². The van der Waals surface area contributed by atoms with Gasteiger partial charge in [-0.3, -0.25) is 0 Å². The summed E-state index contributed by atoms with van der Waals surface area (Å²) in [5.41, 5.74) is 3.24. The Hall–Kier alpha value is -2.47. The minimum absolute atomic E-state index is 0.294. The Bertz CT molecular complexity index is 952. The minimum atomic E-state index is -0.294. The van der Waals surface area contributed by atoms with Gasteiger partial charge in [-0.2, -0.15) is 0 Å². The van der Waals surface area contributed by atoms with Crippen molar-refractivity contribution in [2.24, 2.45) is 0 Å². The molecule has 4 rings (SSSR count). The lowest BCUT2D eigenvalue weighted by molar-refractivity contribution is 0.630. The Kier molecular flexibility index (Phi) is 3.23. The van der Waals surface area contributed by atoms with Gasteiger partial charge in [0.2, 0.25) is 5.16 Å². The van der Waals surface area contributed by atoms with E-state index in [0.29, 0.717) is 21.7 Å². The number of aromatic nitrogens is 4. The van der Waals surface area contributed by atoms with Gasteiger partial charge in [0.05, 0.1) is 0 Å². The van der Waals surface area contributed by atoms with Crippen molar-refractivity contribution in [1.82, 2.24) is 20.2 Å². The standard InChI is InChI=1S/C16H11FN4S/c17-11-6-7-13-12(8-11)14-15(18-13)19-16(21-20-14)22-9-10-4-2-1-3-5-10/h1-8H,9H2,(H,18,19,21). The molecule has 108 valence electrons. The number of thioether (sulfide) groups is 1. The largest absolute Gasteiger partial charge is 0.338 e. The fourth-order valence-electron chi connectivity index (χ4n) is 2.31. The van der Waals surface area contributed by atoms with Crippen molar-refractivity contribution >= 4 is 33.8 Å². The molecule has 22 heavy (non-hydrogen) atoms. The van der Waals surface area contributed by atoms with Crippen molar-refractivity contribution in [2.75, 3.05) is 0 Å². The number of nitrogens with zero attached hydrogens (tertiary/aromatic N) is 3. The van der Waals surface area contributed by atoms with Crippen molar-refractivity contribution < 1.29 is 4.39 Å². The van der Waals surface area contributed by atoms with Gasteiger partial charge >= 0.3 is 0 Å². The number of benzene rings is 2. The zero-order valence-electron chi connectivity index (χ0n) is 11.5.